The van der Waals surface area contributed by atoms with Crippen molar-refractivity contribution in [2.24, 2.45) is 0 Å². The molecule has 22 heavy (non-hydrogen) atoms. The summed E-state index contributed by atoms with van der Waals surface area (Å²) in [5, 5.41) is 26.1. The van der Waals surface area contributed by atoms with Gasteiger partial charge in [0.25, 0.3) is 0 Å². The van der Waals surface area contributed by atoms with Gasteiger partial charge in [0.05, 0.1) is 17.7 Å². The van der Waals surface area contributed by atoms with Crippen LogP contribution in [0.1, 0.15) is 22.7 Å². The van der Waals surface area contributed by atoms with Crippen LogP contribution in [0.5, 0.6) is 5.75 Å². The van der Waals surface area contributed by atoms with Gasteiger partial charge in [-0.2, -0.15) is 5.26 Å². The van der Waals surface area contributed by atoms with Crippen molar-refractivity contribution in [3.05, 3.63) is 77.9 Å². The monoisotopic (exact) mass is 290 g/mol. The average molecular weight is 290 g/mol. The molecule has 1 heterocycles. The van der Waals surface area contributed by atoms with Crippen molar-refractivity contribution in [2.75, 3.05) is 0 Å². The Hall–Kier alpha value is -3.13. The molecule has 0 aliphatic heterocycles. The molecule has 5 nitrogen and oxygen atoms in total. The minimum Gasteiger partial charge on any atom is -0.508 e. The number of nitrogens with zero attached hydrogens (tertiary/aromatic N) is 4. The molecule has 0 spiro atoms. The first-order valence-corrected chi connectivity index (χ1v) is 6.88. The Morgan fingerprint density at radius 3 is 2.23 bits per heavy atom. The summed E-state index contributed by atoms with van der Waals surface area (Å²) in [7, 11) is 0. The maximum Gasteiger partial charge on any atom is 0.119 e. The Bertz CT molecular complexity index is 771. The van der Waals surface area contributed by atoms with Crippen LogP contribution in [-0.4, -0.2) is 19.9 Å². The van der Waals surface area contributed by atoms with Gasteiger partial charge in [-0.1, -0.05) is 24.3 Å². The summed E-state index contributed by atoms with van der Waals surface area (Å²) in [5.74, 6) is 0.253. The highest BCUT2D eigenvalue weighted by atomic mass is 16.3. The van der Waals surface area contributed by atoms with Gasteiger partial charge in [-0.3, -0.25) is 0 Å². The third kappa shape index (κ3) is 2.96. The molecule has 0 bridgehead atoms. The molecule has 108 valence electrons. The Labute approximate surface area is 128 Å². The Kier molecular flexibility index (Phi) is 3.84. The zero-order valence-corrected chi connectivity index (χ0v) is 11.8. The predicted octanol–water partition coefficient (Wildman–Crippen LogP) is 2.69. The molecule has 0 aliphatic carbocycles. The first kappa shape index (κ1) is 13.8. The number of hydrogen-bond acceptors (Lipinski definition) is 4. The van der Waals surface area contributed by atoms with E-state index in [1.807, 2.05) is 41.0 Å². The molecule has 3 rings (SSSR count). The first-order chi connectivity index (χ1) is 10.8. The van der Waals surface area contributed by atoms with E-state index >= 15 is 0 Å². The highest BCUT2D eigenvalue weighted by Gasteiger charge is 2.14. The van der Waals surface area contributed by atoms with E-state index in [0.29, 0.717) is 5.56 Å². The lowest BCUT2D eigenvalue weighted by Gasteiger charge is -2.18. The van der Waals surface area contributed by atoms with Crippen LogP contribution >= 0.6 is 0 Å². The highest BCUT2D eigenvalue weighted by molar-refractivity contribution is 5.34. The molecule has 0 fully saturated rings. The van der Waals surface area contributed by atoms with Gasteiger partial charge in [-0.25, -0.2) is 0 Å². The number of hydrogen-bond donors (Lipinski definition) is 1. The molecule has 1 unspecified atom stereocenters. The minimum atomic E-state index is 0.0345. The van der Waals surface area contributed by atoms with Crippen molar-refractivity contribution < 1.29 is 5.11 Å². The van der Waals surface area contributed by atoms with Gasteiger partial charge in [-0.15, -0.1) is 10.2 Å². The number of aromatic nitrogens is 3. The highest BCUT2D eigenvalue weighted by Crippen LogP contribution is 2.24. The van der Waals surface area contributed by atoms with E-state index in [9.17, 15) is 5.11 Å². The first-order valence-electron chi connectivity index (χ1n) is 6.88. The van der Waals surface area contributed by atoms with Crippen molar-refractivity contribution in [3.63, 3.8) is 0 Å². The van der Waals surface area contributed by atoms with Gasteiger partial charge in [0, 0.05) is 0 Å². The Morgan fingerprint density at radius 1 is 1.00 bits per heavy atom. The number of benzene rings is 2. The van der Waals surface area contributed by atoms with E-state index in [1.165, 1.54) is 0 Å². The lowest BCUT2D eigenvalue weighted by atomic mass is 9.98. The number of phenols is 1. The van der Waals surface area contributed by atoms with Gasteiger partial charge in [-0.05, 0) is 41.8 Å². The molecular weight excluding hydrogens is 276 g/mol. The summed E-state index contributed by atoms with van der Waals surface area (Å²) in [4.78, 5) is 0. The van der Waals surface area contributed by atoms with Crippen molar-refractivity contribution in [3.8, 4) is 11.8 Å². The summed E-state index contributed by atoms with van der Waals surface area (Å²) in [5.41, 5.74) is 2.81. The Morgan fingerprint density at radius 2 is 1.64 bits per heavy atom. The topological polar surface area (TPSA) is 74.7 Å². The van der Waals surface area contributed by atoms with Gasteiger partial charge in [0.2, 0.25) is 0 Å². The van der Waals surface area contributed by atoms with E-state index in [4.69, 9.17) is 5.26 Å². The second-order valence-electron chi connectivity index (χ2n) is 5.03. The molecule has 0 radical (unpaired) electrons. The van der Waals surface area contributed by atoms with Crippen LogP contribution in [0.3, 0.4) is 0 Å². The zero-order valence-electron chi connectivity index (χ0n) is 11.8. The molecular formula is C17H14N4O. The third-order valence-corrected chi connectivity index (χ3v) is 3.59. The molecule has 1 atom stereocenters. The van der Waals surface area contributed by atoms with Crippen LogP contribution in [0, 0.1) is 11.3 Å². The Balaban J connectivity index is 1.93. The lowest BCUT2D eigenvalue weighted by molar-refractivity contribution is 0.474. The number of rotatable bonds is 4. The van der Waals surface area contributed by atoms with E-state index < -0.39 is 0 Å². The molecule has 0 saturated heterocycles. The van der Waals surface area contributed by atoms with Gasteiger partial charge in [0.15, 0.2) is 0 Å². The predicted molar refractivity (Wildman–Crippen MR) is 81.1 cm³/mol. The fourth-order valence-electron chi connectivity index (χ4n) is 2.40. The van der Waals surface area contributed by atoms with E-state index in [-0.39, 0.29) is 11.8 Å². The van der Waals surface area contributed by atoms with Crippen LogP contribution < -0.4 is 0 Å². The van der Waals surface area contributed by atoms with E-state index in [1.54, 1.807) is 24.8 Å². The smallest absolute Gasteiger partial charge is 0.119 e. The van der Waals surface area contributed by atoms with Crippen LogP contribution in [0.4, 0.5) is 0 Å². The largest absolute Gasteiger partial charge is 0.508 e. The molecule has 1 N–H and O–H groups in total. The normalized spacial score (nSPS) is 11.8. The summed E-state index contributed by atoms with van der Waals surface area (Å²) in [6.07, 6.45) is 4.11. The fraction of sp³-hybridized carbons (Fsp3) is 0.118. The molecule has 0 saturated carbocycles. The van der Waals surface area contributed by atoms with Gasteiger partial charge in [0.1, 0.15) is 18.4 Å². The van der Waals surface area contributed by atoms with Gasteiger partial charge >= 0.3 is 0 Å². The van der Waals surface area contributed by atoms with Crippen LogP contribution in [-0.2, 0) is 6.42 Å². The average Bonchev–Trinajstić information content (AvgIpc) is 3.09. The lowest BCUT2D eigenvalue weighted by Crippen LogP contribution is -2.12. The second kappa shape index (κ2) is 6.10. The summed E-state index contributed by atoms with van der Waals surface area (Å²) in [6.45, 7) is 0. The maximum atomic E-state index is 9.39. The van der Waals surface area contributed by atoms with Crippen molar-refractivity contribution in [2.45, 2.75) is 12.5 Å². The zero-order chi connectivity index (χ0) is 15.4. The van der Waals surface area contributed by atoms with Crippen LogP contribution in [0.2, 0.25) is 0 Å². The molecule has 0 aliphatic rings. The minimum absolute atomic E-state index is 0.0345. The summed E-state index contributed by atoms with van der Waals surface area (Å²) < 4.78 is 1.94. The number of nitriles is 1. The van der Waals surface area contributed by atoms with Crippen molar-refractivity contribution in [1.82, 2.24) is 14.8 Å². The third-order valence-electron chi connectivity index (χ3n) is 3.59. The molecule has 5 heteroatoms. The summed E-state index contributed by atoms with van der Waals surface area (Å²) in [6, 6.07) is 16.8. The molecule has 2 aromatic carbocycles. The SMILES string of the molecule is N#Cc1ccc(C(Cc2ccc(O)cc2)n2cnnc2)cc1. The van der Waals surface area contributed by atoms with Crippen molar-refractivity contribution in [1.29, 1.82) is 5.26 Å². The quantitative estimate of drug-likeness (QED) is 0.801. The van der Waals surface area contributed by atoms with Crippen LogP contribution in [0.25, 0.3) is 0 Å². The standard InChI is InChI=1S/C17H14N4O/c18-10-14-1-5-15(6-2-14)17(21-11-19-20-12-21)9-13-3-7-16(22)8-4-13/h1-8,11-12,17,22H,9H2. The number of phenolic OH excluding ortho intramolecular Hbond substituents is 1. The molecule has 1 aromatic heterocycles. The molecule has 0 amide bonds. The number of aromatic hydroxyl groups is 1. The fourth-order valence-corrected chi connectivity index (χ4v) is 2.40. The maximum absolute atomic E-state index is 9.39. The molecule has 3 aromatic rings. The van der Waals surface area contributed by atoms with Gasteiger partial charge < -0.3 is 9.67 Å². The van der Waals surface area contributed by atoms with Crippen molar-refractivity contribution >= 4 is 0 Å². The van der Waals surface area contributed by atoms with E-state index in [2.05, 4.69) is 16.3 Å². The van der Waals surface area contributed by atoms with E-state index in [0.717, 1.165) is 17.5 Å². The second-order valence-corrected chi connectivity index (χ2v) is 5.03. The van der Waals surface area contributed by atoms with Crippen LogP contribution in [0.15, 0.2) is 61.2 Å². The summed E-state index contributed by atoms with van der Waals surface area (Å²) >= 11 is 0.